The SMILES string of the molecule is Cc1c(-c2ncn[nH]2)ccc2c1CC[C@@H]2NC(=O)c1cc(C(=O)NCc2ccc3c(c2)CN(c2c(N)c(=O)c2=O)CC3=O)ncn1. The van der Waals surface area contributed by atoms with Gasteiger partial charge in [0, 0.05) is 30.3 Å². The molecule has 46 heavy (non-hydrogen) atoms. The van der Waals surface area contributed by atoms with Gasteiger partial charge < -0.3 is 21.3 Å². The zero-order valence-electron chi connectivity index (χ0n) is 24.6. The lowest BCUT2D eigenvalue weighted by Crippen LogP contribution is -2.46. The Bertz CT molecular complexity index is 2130. The van der Waals surface area contributed by atoms with Gasteiger partial charge in [-0.2, -0.15) is 5.10 Å². The number of aromatic nitrogens is 5. The van der Waals surface area contributed by atoms with Crippen LogP contribution in [0.25, 0.3) is 11.4 Å². The third-order valence-electron chi connectivity index (χ3n) is 8.66. The van der Waals surface area contributed by atoms with Crippen molar-refractivity contribution in [3.8, 4) is 11.4 Å². The first-order valence-corrected chi connectivity index (χ1v) is 14.6. The maximum atomic E-state index is 13.2. The lowest BCUT2D eigenvalue weighted by Gasteiger charge is -2.31. The normalized spacial score (nSPS) is 15.5. The summed E-state index contributed by atoms with van der Waals surface area (Å²) in [6.45, 7) is 2.31. The monoisotopic (exact) mass is 617 g/mol. The minimum atomic E-state index is -0.743. The maximum Gasteiger partial charge on any atom is 0.270 e. The van der Waals surface area contributed by atoms with E-state index >= 15 is 0 Å². The van der Waals surface area contributed by atoms with Crippen LogP contribution < -0.4 is 32.1 Å². The molecule has 3 heterocycles. The molecule has 0 spiro atoms. The molecule has 230 valence electrons. The van der Waals surface area contributed by atoms with Crippen LogP contribution in [0.5, 0.6) is 0 Å². The Morgan fingerprint density at radius 3 is 2.50 bits per heavy atom. The maximum absolute atomic E-state index is 13.2. The molecule has 0 fully saturated rings. The number of nitrogen functional groups attached to an aromatic ring is 1. The van der Waals surface area contributed by atoms with Gasteiger partial charge in [0.2, 0.25) is 0 Å². The molecule has 5 N–H and O–H groups in total. The number of H-pyrrole nitrogens is 1. The summed E-state index contributed by atoms with van der Waals surface area (Å²) in [5.74, 6) is -0.442. The second-order valence-corrected chi connectivity index (χ2v) is 11.4. The molecule has 7 rings (SSSR count). The van der Waals surface area contributed by atoms with Crippen molar-refractivity contribution in [1.29, 1.82) is 0 Å². The van der Waals surface area contributed by atoms with E-state index < -0.39 is 22.7 Å². The predicted molar refractivity (Wildman–Crippen MR) is 166 cm³/mol. The van der Waals surface area contributed by atoms with E-state index in [0.717, 1.165) is 35.1 Å². The number of hydrogen-bond donors (Lipinski definition) is 4. The van der Waals surface area contributed by atoms with Gasteiger partial charge in [0.05, 0.1) is 12.6 Å². The van der Waals surface area contributed by atoms with Gasteiger partial charge in [-0.3, -0.25) is 29.1 Å². The van der Waals surface area contributed by atoms with Crippen molar-refractivity contribution >= 4 is 29.0 Å². The van der Waals surface area contributed by atoms with Crippen LogP contribution in [0.15, 0.2) is 58.6 Å². The summed E-state index contributed by atoms with van der Waals surface area (Å²) in [4.78, 5) is 76.4. The minimum Gasteiger partial charge on any atom is -0.394 e. The molecule has 5 aromatic rings. The van der Waals surface area contributed by atoms with E-state index in [2.05, 4.69) is 35.8 Å². The van der Waals surface area contributed by atoms with Crippen molar-refractivity contribution in [2.24, 2.45) is 0 Å². The zero-order chi connectivity index (χ0) is 32.1. The van der Waals surface area contributed by atoms with Crippen LogP contribution in [0.3, 0.4) is 0 Å². The summed E-state index contributed by atoms with van der Waals surface area (Å²) >= 11 is 0. The number of aromatic amines is 1. The lowest BCUT2D eigenvalue weighted by molar-refractivity contribution is 0.0930. The van der Waals surface area contributed by atoms with Crippen LogP contribution in [0.4, 0.5) is 11.4 Å². The summed E-state index contributed by atoms with van der Waals surface area (Å²) < 4.78 is 0. The van der Waals surface area contributed by atoms with E-state index in [1.165, 1.54) is 23.6 Å². The fourth-order valence-corrected chi connectivity index (χ4v) is 6.28. The first-order chi connectivity index (χ1) is 22.2. The highest BCUT2D eigenvalue weighted by Gasteiger charge is 2.31. The molecule has 1 aliphatic heterocycles. The van der Waals surface area contributed by atoms with Crippen LogP contribution in [0.1, 0.15) is 71.6 Å². The molecular weight excluding hydrogens is 590 g/mol. The Balaban J connectivity index is 1.01. The molecule has 0 radical (unpaired) electrons. The van der Waals surface area contributed by atoms with Crippen LogP contribution >= 0.6 is 0 Å². The van der Waals surface area contributed by atoms with Gasteiger partial charge in [0.25, 0.3) is 22.7 Å². The van der Waals surface area contributed by atoms with Crippen molar-refractivity contribution in [2.75, 3.05) is 17.2 Å². The Kier molecular flexibility index (Phi) is 6.95. The van der Waals surface area contributed by atoms with Crippen LogP contribution in [0, 0.1) is 6.92 Å². The number of nitrogens with zero attached hydrogens (tertiary/aromatic N) is 5. The fourth-order valence-electron chi connectivity index (χ4n) is 6.28. The number of anilines is 2. The highest BCUT2D eigenvalue weighted by Crippen LogP contribution is 2.37. The number of nitrogens with one attached hydrogen (secondary N) is 3. The van der Waals surface area contributed by atoms with Crippen molar-refractivity contribution < 1.29 is 14.4 Å². The number of amides is 2. The molecule has 14 heteroatoms. The van der Waals surface area contributed by atoms with Crippen LogP contribution in [-0.4, -0.2) is 49.3 Å². The second kappa shape index (κ2) is 11.1. The summed E-state index contributed by atoms with van der Waals surface area (Å²) in [6, 6.07) is 10.3. The lowest BCUT2D eigenvalue weighted by atomic mass is 9.95. The molecule has 1 aliphatic carbocycles. The van der Waals surface area contributed by atoms with Gasteiger partial charge in [0.1, 0.15) is 35.4 Å². The first kappa shape index (κ1) is 28.7. The predicted octanol–water partition coefficient (Wildman–Crippen LogP) is 1.30. The molecule has 14 nitrogen and oxygen atoms in total. The van der Waals surface area contributed by atoms with Gasteiger partial charge in [0.15, 0.2) is 11.6 Å². The van der Waals surface area contributed by atoms with Gasteiger partial charge >= 0.3 is 0 Å². The van der Waals surface area contributed by atoms with Crippen molar-refractivity contribution in [3.63, 3.8) is 0 Å². The molecule has 0 saturated carbocycles. The van der Waals surface area contributed by atoms with E-state index in [-0.39, 0.29) is 54.2 Å². The fraction of sp³-hybridized carbons (Fsp3) is 0.219. The highest BCUT2D eigenvalue weighted by molar-refractivity contribution is 6.02. The number of rotatable bonds is 7. The number of benzene rings is 2. The number of ketones is 1. The van der Waals surface area contributed by atoms with Gasteiger partial charge in [-0.15, -0.1) is 0 Å². The Morgan fingerprint density at radius 1 is 0.957 bits per heavy atom. The molecule has 0 saturated heterocycles. The third-order valence-corrected chi connectivity index (χ3v) is 8.66. The summed E-state index contributed by atoms with van der Waals surface area (Å²) in [6.07, 6.45) is 4.16. The molecule has 2 amide bonds. The smallest absolute Gasteiger partial charge is 0.270 e. The van der Waals surface area contributed by atoms with Crippen LogP contribution in [-0.2, 0) is 19.5 Å². The highest BCUT2D eigenvalue weighted by atomic mass is 16.2. The quantitative estimate of drug-likeness (QED) is 0.192. The van der Waals surface area contributed by atoms with E-state index in [4.69, 9.17) is 5.73 Å². The number of nitrogens with two attached hydrogens (primary N) is 1. The largest absolute Gasteiger partial charge is 0.394 e. The van der Waals surface area contributed by atoms with Gasteiger partial charge in [-0.05, 0) is 47.6 Å². The van der Waals surface area contributed by atoms with E-state index in [1.807, 2.05) is 19.1 Å². The van der Waals surface area contributed by atoms with Crippen LogP contribution in [0.2, 0.25) is 0 Å². The van der Waals surface area contributed by atoms with E-state index in [1.54, 1.807) is 18.2 Å². The molecule has 3 aromatic carbocycles. The van der Waals surface area contributed by atoms with Gasteiger partial charge in [-0.1, -0.05) is 30.3 Å². The summed E-state index contributed by atoms with van der Waals surface area (Å²) in [7, 11) is 0. The molecule has 0 bridgehead atoms. The average molecular weight is 618 g/mol. The second-order valence-electron chi connectivity index (χ2n) is 11.4. The Labute approximate surface area is 260 Å². The molecular formula is C32H27N9O5. The zero-order valence-corrected chi connectivity index (χ0v) is 24.6. The number of hydrogen-bond acceptors (Lipinski definition) is 11. The van der Waals surface area contributed by atoms with Crippen molar-refractivity contribution in [1.82, 2.24) is 35.8 Å². The van der Waals surface area contributed by atoms with Gasteiger partial charge in [-0.25, -0.2) is 15.0 Å². The summed E-state index contributed by atoms with van der Waals surface area (Å²) in [5, 5.41) is 12.7. The minimum absolute atomic E-state index is 0.0226. The summed E-state index contributed by atoms with van der Waals surface area (Å²) in [5.41, 5.74) is 10.4. The molecule has 0 unspecified atom stereocenters. The molecule has 2 aromatic heterocycles. The van der Waals surface area contributed by atoms with E-state index in [0.29, 0.717) is 22.5 Å². The number of carbonyl (C=O) groups excluding carboxylic acids is 3. The topological polar surface area (TPSA) is 206 Å². The Morgan fingerprint density at radius 2 is 1.74 bits per heavy atom. The van der Waals surface area contributed by atoms with E-state index in [9.17, 15) is 24.0 Å². The van der Waals surface area contributed by atoms with Crippen molar-refractivity contribution in [3.05, 3.63) is 114 Å². The molecule has 2 aliphatic rings. The number of carbonyl (C=O) groups is 3. The number of fused-ring (bicyclic) bond motifs is 2. The Hall–Kier alpha value is -6.05. The standard InChI is InChI=1S/C32H27N9O5/c1-15-18-6-7-22(21(18)5-4-19(15)30-37-14-38-40-30)39-32(46)24-9-23(35-13-36-24)31(45)34-10-16-2-3-20-17(8-16)11-41(12-25(20)42)27-26(33)28(43)29(27)44/h2-5,8-9,13-14,22H,6-7,10-12,33H2,1H3,(H,34,45)(H,39,46)(H,37,38,40)/t22-/m0/s1. The third kappa shape index (κ3) is 4.89. The first-order valence-electron chi connectivity index (χ1n) is 14.6. The van der Waals surface area contributed by atoms with Crippen molar-refractivity contribution in [2.45, 2.75) is 38.9 Å². The molecule has 1 atom stereocenters. The average Bonchev–Trinajstić information content (AvgIpc) is 3.75. The number of Topliss-reactive ketones (excluding diaryl/α,β-unsaturated/α-hetero) is 1.